The van der Waals surface area contributed by atoms with Crippen molar-refractivity contribution < 1.29 is 9.53 Å². The molecule has 1 atom stereocenters. The lowest BCUT2D eigenvalue weighted by Gasteiger charge is -2.13. The number of anilines is 5. The van der Waals surface area contributed by atoms with E-state index in [2.05, 4.69) is 44.6 Å². The molecule has 3 N–H and O–H groups in total. The highest BCUT2D eigenvalue weighted by molar-refractivity contribution is 7.98. The molecule has 1 aliphatic heterocycles. The molecule has 8 heteroatoms. The molecule has 0 saturated carbocycles. The number of nitrogens with one attached hydrogen (secondary N) is 3. The quantitative estimate of drug-likeness (QED) is 0.318. The summed E-state index contributed by atoms with van der Waals surface area (Å²) in [6, 6.07) is 15.8. The molecular weight excluding hydrogens is 422 g/mol. The first kappa shape index (κ1) is 21.9. The lowest BCUT2D eigenvalue weighted by atomic mass is 9.98. The number of ether oxygens (including phenoxy) is 1. The predicted octanol–water partition coefficient (Wildman–Crippen LogP) is 5.31. The first-order valence-electron chi connectivity index (χ1n) is 10.3. The monoisotopic (exact) mass is 447 g/mol. The number of aromatic nitrogens is 2. The van der Waals surface area contributed by atoms with Gasteiger partial charge in [0.2, 0.25) is 11.9 Å². The molecule has 0 spiro atoms. The van der Waals surface area contributed by atoms with Crippen LogP contribution in [0.4, 0.5) is 28.8 Å². The molecule has 0 bridgehead atoms. The van der Waals surface area contributed by atoms with Crippen LogP contribution in [0.3, 0.4) is 0 Å². The molecule has 2 aromatic carbocycles. The number of carbonyl (C=O) groups excluding carboxylic acids is 1. The third kappa shape index (κ3) is 5.46. The third-order valence-corrected chi connectivity index (χ3v) is 5.86. The molecule has 164 valence electrons. The number of nitrogens with zero attached hydrogens (tertiary/aromatic N) is 2. The number of hydrogen-bond donors (Lipinski definition) is 3. The Labute approximate surface area is 191 Å². The van der Waals surface area contributed by atoms with E-state index in [0.717, 1.165) is 35.9 Å². The number of rotatable bonds is 8. The molecule has 3 aromatic rings. The van der Waals surface area contributed by atoms with Gasteiger partial charge in [0.15, 0.2) is 0 Å². The van der Waals surface area contributed by atoms with Crippen LogP contribution in [-0.2, 0) is 9.53 Å². The lowest BCUT2D eigenvalue weighted by Crippen LogP contribution is -2.07. The van der Waals surface area contributed by atoms with E-state index < -0.39 is 0 Å². The highest BCUT2D eigenvalue weighted by Gasteiger charge is 2.17. The fraction of sp³-hybridized carbons (Fsp3) is 0.208. The summed E-state index contributed by atoms with van der Waals surface area (Å²) in [5.41, 5.74) is 3.68. The minimum absolute atomic E-state index is 0.257. The van der Waals surface area contributed by atoms with Crippen molar-refractivity contribution >= 4 is 46.5 Å². The summed E-state index contributed by atoms with van der Waals surface area (Å²) in [5.74, 6) is 1.40. The number of thioether (sulfide) groups is 1. The van der Waals surface area contributed by atoms with Crippen molar-refractivity contribution in [3.63, 3.8) is 0 Å². The molecule has 1 aliphatic rings. The molecule has 0 aliphatic carbocycles. The average Bonchev–Trinajstić information content (AvgIpc) is 3.35. The van der Waals surface area contributed by atoms with Gasteiger partial charge in [-0.3, -0.25) is 4.79 Å². The Hall–Kier alpha value is -3.36. The van der Waals surface area contributed by atoms with Crippen LogP contribution in [-0.4, -0.2) is 35.3 Å². The zero-order valence-electron chi connectivity index (χ0n) is 17.8. The van der Waals surface area contributed by atoms with Crippen LogP contribution in [0.15, 0.2) is 72.3 Å². The Kier molecular flexibility index (Phi) is 7.03. The maximum Gasteiger partial charge on any atom is 0.247 e. The Bertz CT molecular complexity index is 1100. The molecule has 0 radical (unpaired) electrons. The van der Waals surface area contributed by atoms with Crippen molar-refractivity contribution in [2.24, 2.45) is 0 Å². The van der Waals surface area contributed by atoms with E-state index in [0.29, 0.717) is 23.4 Å². The molecule has 1 saturated heterocycles. The molecule has 32 heavy (non-hydrogen) atoms. The first-order valence-corrected chi connectivity index (χ1v) is 11.5. The van der Waals surface area contributed by atoms with Crippen molar-refractivity contribution in [1.82, 2.24) is 9.97 Å². The van der Waals surface area contributed by atoms with Crippen LogP contribution in [0.25, 0.3) is 0 Å². The van der Waals surface area contributed by atoms with Crippen LogP contribution in [0.5, 0.6) is 0 Å². The average molecular weight is 448 g/mol. The van der Waals surface area contributed by atoms with Crippen LogP contribution >= 0.6 is 11.8 Å². The molecule has 0 unspecified atom stereocenters. The Morgan fingerprint density at radius 1 is 1.16 bits per heavy atom. The number of amides is 1. The molecule has 1 amide bonds. The zero-order chi connectivity index (χ0) is 22.3. The Morgan fingerprint density at radius 3 is 2.69 bits per heavy atom. The van der Waals surface area contributed by atoms with Gasteiger partial charge < -0.3 is 20.7 Å². The van der Waals surface area contributed by atoms with Gasteiger partial charge in [-0.1, -0.05) is 24.8 Å². The SMILES string of the molecule is C=CC(=O)Nc1cccc(Nc2nc(Nc3ccc([C@@H]4CCOC4)cc3)ncc2SC)c1. The van der Waals surface area contributed by atoms with Gasteiger partial charge in [0.05, 0.1) is 11.5 Å². The van der Waals surface area contributed by atoms with Crippen LogP contribution in [0, 0.1) is 0 Å². The summed E-state index contributed by atoms with van der Waals surface area (Å²) in [6.07, 6.45) is 6.07. The van der Waals surface area contributed by atoms with Gasteiger partial charge in [-0.05, 0) is 54.6 Å². The molecular formula is C24H25N5O2S. The van der Waals surface area contributed by atoms with Crippen molar-refractivity contribution in [2.45, 2.75) is 17.2 Å². The number of carbonyl (C=O) groups is 1. The first-order chi connectivity index (χ1) is 15.6. The van der Waals surface area contributed by atoms with Crippen molar-refractivity contribution in [3.8, 4) is 0 Å². The Morgan fingerprint density at radius 2 is 1.97 bits per heavy atom. The van der Waals surface area contributed by atoms with Gasteiger partial charge in [-0.2, -0.15) is 4.98 Å². The van der Waals surface area contributed by atoms with Gasteiger partial charge in [0.25, 0.3) is 0 Å². The van der Waals surface area contributed by atoms with Gasteiger partial charge in [0, 0.05) is 35.8 Å². The molecule has 1 aromatic heterocycles. The van der Waals surface area contributed by atoms with E-state index in [1.54, 1.807) is 18.0 Å². The van der Waals surface area contributed by atoms with Crippen molar-refractivity contribution in [3.05, 3.63) is 72.9 Å². The van der Waals surface area contributed by atoms with Crippen LogP contribution in [0.2, 0.25) is 0 Å². The van der Waals surface area contributed by atoms with Crippen LogP contribution < -0.4 is 16.0 Å². The normalized spacial score (nSPS) is 15.2. The van der Waals surface area contributed by atoms with E-state index in [1.165, 1.54) is 11.6 Å². The maximum atomic E-state index is 11.6. The topological polar surface area (TPSA) is 88.2 Å². The second-order valence-electron chi connectivity index (χ2n) is 7.32. The number of hydrogen-bond acceptors (Lipinski definition) is 7. The van der Waals surface area contributed by atoms with Gasteiger partial charge >= 0.3 is 0 Å². The summed E-state index contributed by atoms with van der Waals surface area (Å²) < 4.78 is 5.48. The van der Waals surface area contributed by atoms with E-state index >= 15 is 0 Å². The van der Waals surface area contributed by atoms with Gasteiger partial charge in [0.1, 0.15) is 5.82 Å². The minimum atomic E-state index is -0.257. The smallest absolute Gasteiger partial charge is 0.247 e. The maximum absolute atomic E-state index is 11.6. The minimum Gasteiger partial charge on any atom is -0.381 e. The summed E-state index contributed by atoms with van der Waals surface area (Å²) in [6.45, 7) is 5.10. The third-order valence-electron chi connectivity index (χ3n) is 5.12. The molecule has 4 rings (SSSR count). The predicted molar refractivity (Wildman–Crippen MR) is 130 cm³/mol. The van der Waals surface area contributed by atoms with E-state index in [4.69, 9.17) is 4.74 Å². The molecule has 2 heterocycles. The van der Waals surface area contributed by atoms with E-state index in [9.17, 15) is 4.79 Å². The second kappa shape index (κ2) is 10.3. The van der Waals surface area contributed by atoms with Gasteiger partial charge in [-0.15, -0.1) is 11.8 Å². The largest absolute Gasteiger partial charge is 0.381 e. The van der Waals surface area contributed by atoms with E-state index in [-0.39, 0.29) is 5.91 Å². The fourth-order valence-corrected chi connectivity index (χ4v) is 3.89. The van der Waals surface area contributed by atoms with Gasteiger partial charge in [-0.25, -0.2) is 4.98 Å². The standard InChI is InChI=1S/C24H25N5O2S/c1-3-22(30)26-19-5-4-6-20(13-19)27-23-21(32-2)14-25-24(29-23)28-18-9-7-16(8-10-18)17-11-12-31-15-17/h3-10,13-14,17H,1,11-12,15H2,2H3,(H,26,30)(H2,25,27,28,29)/t17-/m1/s1. The summed E-state index contributed by atoms with van der Waals surface area (Å²) in [7, 11) is 0. The summed E-state index contributed by atoms with van der Waals surface area (Å²) in [5, 5.41) is 9.36. The lowest BCUT2D eigenvalue weighted by molar-refractivity contribution is -0.111. The highest BCUT2D eigenvalue weighted by atomic mass is 32.2. The zero-order valence-corrected chi connectivity index (χ0v) is 18.6. The number of benzene rings is 2. The van der Waals surface area contributed by atoms with E-state index in [1.807, 2.05) is 42.7 Å². The fourth-order valence-electron chi connectivity index (χ4n) is 3.44. The Balaban J connectivity index is 1.49. The summed E-state index contributed by atoms with van der Waals surface area (Å²) in [4.78, 5) is 21.6. The summed E-state index contributed by atoms with van der Waals surface area (Å²) >= 11 is 1.55. The second-order valence-corrected chi connectivity index (χ2v) is 8.17. The molecule has 7 nitrogen and oxygen atoms in total. The highest BCUT2D eigenvalue weighted by Crippen LogP contribution is 2.29. The van der Waals surface area contributed by atoms with Crippen LogP contribution in [0.1, 0.15) is 17.9 Å². The molecule has 1 fully saturated rings. The van der Waals surface area contributed by atoms with Crippen molar-refractivity contribution in [2.75, 3.05) is 35.4 Å². The van der Waals surface area contributed by atoms with Crippen molar-refractivity contribution in [1.29, 1.82) is 0 Å².